The van der Waals surface area contributed by atoms with Crippen molar-refractivity contribution < 1.29 is 14.3 Å². The van der Waals surface area contributed by atoms with Gasteiger partial charge in [0, 0.05) is 5.33 Å². The number of hydrogen-bond acceptors (Lipinski definition) is 3. The van der Waals surface area contributed by atoms with Crippen molar-refractivity contribution in [2.24, 2.45) is 0 Å². The molecule has 1 unspecified atom stereocenters. The first-order valence-corrected chi connectivity index (χ1v) is 7.55. The van der Waals surface area contributed by atoms with Gasteiger partial charge in [0.2, 0.25) is 0 Å². The summed E-state index contributed by atoms with van der Waals surface area (Å²) in [5.41, 5.74) is 2.23. The molecule has 0 heterocycles. The molecule has 5 heteroatoms. The van der Waals surface area contributed by atoms with Gasteiger partial charge in [-0.15, -0.1) is 0 Å². The van der Waals surface area contributed by atoms with Gasteiger partial charge >= 0.3 is 5.97 Å². The molecule has 0 spiro atoms. The predicted molar refractivity (Wildman–Crippen MR) is 77.4 cm³/mol. The maximum atomic E-state index is 11.7. The quantitative estimate of drug-likeness (QED) is 0.579. The number of rotatable bonds is 5. The van der Waals surface area contributed by atoms with Crippen LogP contribution >= 0.6 is 31.9 Å². The number of halogens is 2. The van der Waals surface area contributed by atoms with Crippen molar-refractivity contribution in [1.29, 1.82) is 0 Å². The highest BCUT2D eigenvalue weighted by Crippen LogP contribution is 2.29. The summed E-state index contributed by atoms with van der Waals surface area (Å²) in [6, 6.07) is 5.24. The summed E-state index contributed by atoms with van der Waals surface area (Å²) in [4.78, 5) is 22.7. The first-order valence-electron chi connectivity index (χ1n) is 5.51. The number of benzene rings is 1. The van der Waals surface area contributed by atoms with Gasteiger partial charge in [0.05, 0.1) is 17.0 Å². The minimum absolute atomic E-state index is 0.00166. The standard InChI is InChI=1S/C13H14Br2O3/c1-3-18-13(17)9-4-5-10(7-14)11(6-9)12(15)8(2)16/h4-6,12H,3,7H2,1-2H3. The first-order chi connectivity index (χ1) is 8.51. The number of hydrogen-bond donors (Lipinski definition) is 0. The Bertz CT molecular complexity index is 458. The van der Waals surface area contributed by atoms with E-state index in [2.05, 4.69) is 31.9 Å². The maximum absolute atomic E-state index is 11.7. The molecule has 98 valence electrons. The molecule has 0 saturated carbocycles. The Balaban J connectivity index is 3.17. The van der Waals surface area contributed by atoms with Gasteiger partial charge in [-0.2, -0.15) is 0 Å². The lowest BCUT2D eigenvalue weighted by molar-refractivity contribution is -0.116. The van der Waals surface area contributed by atoms with Crippen LogP contribution in [0, 0.1) is 0 Å². The number of carbonyl (C=O) groups is 2. The van der Waals surface area contributed by atoms with Crippen LogP contribution in [0.2, 0.25) is 0 Å². The monoisotopic (exact) mass is 376 g/mol. The molecule has 0 fully saturated rings. The first kappa shape index (κ1) is 15.4. The van der Waals surface area contributed by atoms with Gasteiger partial charge in [-0.1, -0.05) is 37.9 Å². The van der Waals surface area contributed by atoms with Crippen LogP contribution in [0.4, 0.5) is 0 Å². The van der Waals surface area contributed by atoms with Crippen molar-refractivity contribution in [1.82, 2.24) is 0 Å². The van der Waals surface area contributed by atoms with Crippen LogP contribution in [-0.2, 0) is 14.9 Å². The van der Waals surface area contributed by atoms with Crippen molar-refractivity contribution in [3.63, 3.8) is 0 Å². The van der Waals surface area contributed by atoms with E-state index in [1.54, 1.807) is 19.1 Å². The lowest BCUT2D eigenvalue weighted by atomic mass is 10.0. The molecule has 0 aliphatic carbocycles. The normalized spacial score (nSPS) is 12.0. The van der Waals surface area contributed by atoms with E-state index in [0.29, 0.717) is 17.5 Å². The molecule has 1 rings (SSSR count). The van der Waals surface area contributed by atoms with Gasteiger partial charge in [0.25, 0.3) is 0 Å². The molecule has 0 radical (unpaired) electrons. The third kappa shape index (κ3) is 3.65. The van der Waals surface area contributed by atoms with Crippen molar-refractivity contribution >= 4 is 43.6 Å². The molecule has 1 aromatic carbocycles. The minimum atomic E-state index is -0.403. The highest BCUT2D eigenvalue weighted by atomic mass is 79.9. The van der Waals surface area contributed by atoms with Crippen molar-refractivity contribution in [2.45, 2.75) is 24.0 Å². The van der Waals surface area contributed by atoms with Gasteiger partial charge in [0.15, 0.2) is 0 Å². The lowest BCUT2D eigenvalue weighted by Gasteiger charge is -2.13. The van der Waals surface area contributed by atoms with E-state index in [0.717, 1.165) is 11.1 Å². The second-order valence-electron chi connectivity index (χ2n) is 3.74. The van der Waals surface area contributed by atoms with E-state index < -0.39 is 4.83 Å². The van der Waals surface area contributed by atoms with Gasteiger partial charge in [-0.3, -0.25) is 4.79 Å². The zero-order valence-electron chi connectivity index (χ0n) is 10.2. The Morgan fingerprint density at radius 3 is 2.56 bits per heavy atom. The van der Waals surface area contributed by atoms with Crippen LogP contribution in [0.25, 0.3) is 0 Å². The van der Waals surface area contributed by atoms with Gasteiger partial charge in [0.1, 0.15) is 5.78 Å². The fourth-order valence-corrected chi connectivity index (χ4v) is 2.45. The smallest absolute Gasteiger partial charge is 0.338 e. The molecule has 0 aliphatic rings. The SMILES string of the molecule is CCOC(=O)c1ccc(CBr)c(C(Br)C(C)=O)c1. The Labute approximate surface area is 123 Å². The summed E-state index contributed by atoms with van der Waals surface area (Å²) < 4.78 is 4.95. The minimum Gasteiger partial charge on any atom is -0.462 e. The van der Waals surface area contributed by atoms with E-state index in [9.17, 15) is 9.59 Å². The zero-order chi connectivity index (χ0) is 13.7. The molecule has 0 aliphatic heterocycles. The number of carbonyl (C=O) groups excluding carboxylic acids is 2. The zero-order valence-corrected chi connectivity index (χ0v) is 13.4. The Morgan fingerprint density at radius 2 is 2.06 bits per heavy atom. The van der Waals surface area contributed by atoms with E-state index in [1.807, 2.05) is 6.07 Å². The van der Waals surface area contributed by atoms with Gasteiger partial charge in [-0.05, 0) is 37.1 Å². The number of esters is 1. The fraction of sp³-hybridized carbons (Fsp3) is 0.385. The molecular formula is C13H14Br2O3. The Morgan fingerprint density at radius 1 is 1.39 bits per heavy atom. The summed E-state index contributed by atoms with van der Waals surface area (Å²) in [6.45, 7) is 3.60. The molecule has 3 nitrogen and oxygen atoms in total. The molecular weight excluding hydrogens is 364 g/mol. The van der Waals surface area contributed by atoms with Crippen LogP contribution in [0.3, 0.4) is 0 Å². The number of Topliss-reactive ketones (excluding diaryl/α,β-unsaturated/α-hetero) is 1. The molecule has 0 aromatic heterocycles. The molecule has 1 aromatic rings. The number of ketones is 1. The summed E-state index contributed by atoms with van der Waals surface area (Å²) in [7, 11) is 0. The summed E-state index contributed by atoms with van der Waals surface area (Å²) in [5.74, 6) is -0.374. The van der Waals surface area contributed by atoms with E-state index in [4.69, 9.17) is 4.74 Å². The van der Waals surface area contributed by atoms with Gasteiger partial charge in [-0.25, -0.2) is 4.79 Å². The van der Waals surface area contributed by atoms with Gasteiger partial charge < -0.3 is 4.74 Å². The third-order valence-corrected chi connectivity index (χ3v) is 4.17. The average Bonchev–Trinajstić information content (AvgIpc) is 2.37. The molecule has 0 bridgehead atoms. The highest BCUT2D eigenvalue weighted by Gasteiger charge is 2.18. The van der Waals surface area contributed by atoms with Crippen LogP contribution in [0.15, 0.2) is 18.2 Å². The maximum Gasteiger partial charge on any atom is 0.338 e. The third-order valence-electron chi connectivity index (χ3n) is 2.43. The lowest BCUT2D eigenvalue weighted by Crippen LogP contribution is -2.09. The van der Waals surface area contributed by atoms with Crippen molar-refractivity contribution in [2.75, 3.05) is 6.61 Å². The van der Waals surface area contributed by atoms with E-state index >= 15 is 0 Å². The Hall–Kier alpha value is -0.680. The van der Waals surface area contributed by atoms with Crippen LogP contribution < -0.4 is 0 Å². The molecule has 1 atom stereocenters. The van der Waals surface area contributed by atoms with Crippen LogP contribution in [0.1, 0.15) is 40.2 Å². The van der Waals surface area contributed by atoms with Crippen molar-refractivity contribution in [3.05, 3.63) is 34.9 Å². The van der Waals surface area contributed by atoms with Crippen LogP contribution in [0.5, 0.6) is 0 Å². The Kier molecular flexibility index (Phi) is 6.02. The van der Waals surface area contributed by atoms with Crippen molar-refractivity contribution in [3.8, 4) is 0 Å². The average molecular weight is 378 g/mol. The van der Waals surface area contributed by atoms with Crippen LogP contribution in [-0.4, -0.2) is 18.4 Å². The molecule has 18 heavy (non-hydrogen) atoms. The summed E-state index contributed by atoms with van der Waals surface area (Å²) in [6.07, 6.45) is 0. The second kappa shape index (κ2) is 7.04. The predicted octanol–water partition coefficient (Wildman–Crippen LogP) is 3.78. The molecule has 0 N–H and O–H groups in total. The van der Waals surface area contributed by atoms with E-state index in [1.165, 1.54) is 6.92 Å². The highest BCUT2D eigenvalue weighted by molar-refractivity contribution is 9.09. The topological polar surface area (TPSA) is 43.4 Å². The second-order valence-corrected chi connectivity index (χ2v) is 5.22. The molecule has 0 amide bonds. The number of ether oxygens (including phenoxy) is 1. The largest absolute Gasteiger partial charge is 0.462 e. The fourth-order valence-electron chi connectivity index (χ4n) is 1.51. The number of alkyl halides is 2. The molecule has 0 saturated heterocycles. The van der Waals surface area contributed by atoms with E-state index in [-0.39, 0.29) is 11.8 Å². The summed E-state index contributed by atoms with van der Waals surface area (Å²) in [5, 5.41) is 0.626. The summed E-state index contributed by atoms with van der Waals surface area (Å²) >= 11 is 6.71.